The van der Waals surface area contributed by atoms with E-state index in [2.05, 4.69) is 19.5 Å². The van der Waals surface area contributed by atoms with Gasteiger partial charge in [-0.2, -0.15) is 0 Å². The molecule has 2 heterocycles. The Morgan fingerprint density at radius 2 is 2.17 bits per heavy atom. The second-order valence-corrected chi connectivity index (χ2v) is 6.39. The van der Waals surface area contributed by atoms with Crippen LogP contribution in [0.25, 0.3) is 11.2 Å². The van der Waals surface area contributed by atoms with Crippen LogP contribution >= 0.6 is 7.82 Å². The molecule has 0 saturated heterocycles. The summed E-state index contributed by atoms with van der Waals surface area (Å²) in [5, 5.41) is 9.63. The molecule has 24 heavy (non-hydrogen) atoms. The van der Waals surface area contributed by atoms with Crippen molar-refractivity contribution in [3.63, 3.8) is 0 Å². The molecule has 12 heteroatoms. The van der Waals surface area contributed by atoms with Crippen LogP contribution in [0.3, 0.4) is 0 Å². The lowest BCUT2D eigenvalue weighted by Gasteiger charge is -2.24. The summed E-state index contributed by atoms with van der Waals surface area (Å²) in [5.74, 6) is 0.215. The maximum Gasteiger partial charge on any atom is 0.472 e. The summed E-state index contributed by atoms with van der Waals surface area (Å²) in [7, 11) is -3.03. The van der Waals surface area contributed by atoms with Gasteiger partial charge in [0.1, 0.15) is 11.8 Å². The van der Waals surface area contributed by atoms with Crippen molar-refractivity contribution in [3.05, 3.63) is 12.7 Å². The summed E-state index contributed by atoms with van der Waals surface area (Å²) in [4.78, 5) is 21.3. The molecule has 0 fully saturated rings. The first-order chi connectivity index (χ1) is 11.4. The van der Waals surface area contributed by atoms with E-state index in [1.54, 1.807) is 0 Å². The zero-order chi connectivity index (χ0) is 17.7. The molecule has 2 unspecified atom stereocenters. The molecule has 11 nitrogen and oxygen atoms in total. The minimum Gasteiger partial charge on any atom is -0.392 e. The van der Waals surface area contributed by atoms with E-state index in [1.165, 1.54) is 17.2 Å². The molecule has 2 aromatic heterocycles. The van der Waals surface area contributed by atoms with Gasteiger partial charge in [0.2, 0.25) is 0 Å². The van der Waals surface area contributed by atoms with E-state index in [0.29, 0.717) is 17.6 Å². The molecule has 0 aliphatic rings. The number of anilines is 1. The normalized spacial score (nSPS) is 16.8. The molecule has 0 spiro atoms. The Morgan fingerprint density at radius 3 is 2.79 bits per heavy atom. The Hall–Kier alpha value is -1.62. The van der Waals surface area contributed by atoms with E-state index in [1.807, 2.05) is 6.92 Å². The number of nitrogens with zero attached hydrogens (tertiary/aromatic N) is 4. The zero-order valence-corrected chi connectivity index (χ0v) is 14.2. The Morgan fingerprint density at radius 1 is 1.42 bits per heavy atom. The summed E-state index contributed by atoms with van der Waals surface area (Å²) < 4.78 is 27.8. The topological polar surface area (TPSA) is 155 Å². The third kappa shape index (κ3) is 4.26. The molecule has 134 valence electrons. The number of phosphoric acid groups is 1. The van der Waals surface area contributed by atoms with Crippen LogP contribution in [0.5, 0.6) is 0 Å². The minimum absolute atomic E-state index is 0.182. The third-order valence-electron chi connectivity index (χ3n) is 3.31. The maximum atomic E-state index is 11.4. The Kier molecular flexibility index (Phi) is 6.21. The van der Waals surface area contributed by atoms with Crippen LogP contribution in [0.4, 0.5) is 5.82 Å². The number of aliphatic hydroxyl groups excluding tert-OH is 1. The molecule has 0 aromatic carbocycles. The summed E-state index contributed by atoms with van der Waals surface area (Å²) in [6.07, 6.45) is 1.80. The number of hydrogen-bond acceptors (Lipinski definition) is 9. The first-order valence-corrected chi connectivity index (χ1v) is 8.63. The molecule has 0 radical (unpaired) electrons. The Labute approximate surface area is 138 Å². The molecule has 0 saturated carbocycles. The van der Waals surface area contributed by atoms with Gasteiger partial charge in [-0.3, -0.25) is 13.6 Å². The van der Waals surface area contributed by atoms with Crippen LogP contribution in [0.2, 0.25) is 0 Å². The van der Waals surface area contributed by atoms with E-state index in [4.69, 9.17) is 15.0 Å². The van der Waals surface area contributed by atoms with Crippen LogP contribution < -0.4 is 5.73 Å². The lowest BCUT2D eigenvalue weighted by atomic mass is 10.3. The molecule has 2 aromatic rings. The number of aliphatic hydroxyl groups is 1. The number of nitrogen functional groups attached to an aromatic ring is 1. The second kappa shape index (κ2) is 7.97. The highest BCUT2D eigenvalue weighted by Gasteiger charge is 2.24. The van der Waals surface area contributed by atoms with Gasteiger partial charge in [-0.25, -0.2) is 19.5 Å². The van der Waals surface area contributed by atoms with Gasteiger partial charge in [0.15, 0.2) is 17.7 Å². The van der Waals surface area contributed by atoms with Crippen LogP contribution in [-0.4, -0.2) is 55.9 Å². The number of aromatic nitrogens is 4. The molecule has 0 amide bonds. The summed E-state index contributed by atoms with van der Waals surface area (Å²) in [5.41, 5.74) is 6.52. The lowest BCUT2D eigenvalue weighted by Crippen LogP contribution is -2.26. The fourth-order valence-electron chi connectivity index (χ4n) is 1.98. The van der Waals surface area contributed by atoms with Crippen LogP contribution in [0.1, 0.15) is 19.6 Å². The average molecular weight is 361 g/mol. The van der Waals surface area contributed by atoms with Crippen LogP contribution in [0.15, 0.2) is 12.7 Å². The number of fused-ring (bicyclic) bond motifs is 1. The standard InChI is InChI=1S/C12H20N5O6P/c1-3-8(5-22-24(19,20)21-2)23-9(4-18)17-7-16-10-11(13)14-6-15-12(10)17/h6-9,18H,3-5H2,1-2H3,(H,19,20)(H2,13,14,15)/t8-,9?/m1/s1. The van der Waals surface area contributed by atoms with E-state index in [9.17, 15) is 14.6 Å². The van der Waals surface area contributed by atoms with E-state index >= 15 is 0 Å². The number of ether oxygens (including phenoxy) is 1. The summed E-state index contributed by atoms with van der Waals surface area (Å²) in [6, 6.07) is 0. The van der Waals surface area contributed by atoms with Crippen molar-refractivity contribution in [2.45, 2.75) is 25.7 Å². The molecule has 0 aliphatic heterocycles. The first-order valence-electron chi connectivity index (χ1n) is 7.14. The number of rotatable bonds is 9. The minimum atomic E-state index is -4.10. The third-order valence-corrected chi connectivity index (χ3v) is 4.25. The van der Waals surface area contributed by atoms with Crippen molar-refractivity contribution >= 4 is 24.8 Å². The largest absolute Gasteiger partial charge is 0.472 e. The summed E-state index contributed by atoms with van der Waals surface area (Å²) >= 11 is 0. The highest BCUT2D eigenvalue weighted by molar-refractivity contribution is 7.47. The highest BCUT2D eigenvalue weighted by atomic mass is 31.2. The van der Waals surface area contributed by atoms with Crippen molar-refractivity contribution in [2.75, 3.05) is 26.1 Å². The predicted molar refractivity (Wildman–Crippen MR) is 83.8 cm³/mol. The highest BCUT2D eigenvalue weighted by Crippen LogP contribution is 2.42. The fraction of sp³-hybridized carbons (Fsp3) is 0.583. The van der Waals surface area contributed by atoms with Gasteiger partial charge in [0.25, 0.3) is 0 Å². The second-order valence-electron chi connectivity index (χ2n) is 4.83. The molecule has 0 aliphatic carbocycles. The SMILES string of the molecule is CC[C@H](COP(=O)(O)OC)OC(CO)n1cnc2c(N)ncnc21. The van der Waals surface area contributed by atoms with Gasteiger partial charge in [0, 0.05) is 7.11 Å². The van der Waals surface area contributed by atoms with Gasteiger partial charge in [-0.15, -0.1) is 0 Å². The first kappa shape index (κ1) is 18.7. The smallest absolute Gasteiger partial charge is 0.392 e. The molecule has 3 atom stereocenters. The van der Waals surface area contributed by atoms with Crippen molar-refractivity contribution in [1.29, 1.82) is 0 Å². The van der Waals surface area contributed by atoms with Crippen molar-refractivity contribution in [3.8, 4) is 0 Å². The monoisotopic (exact) mass is 361 g/mol. The zero-order valence-electron chi connectivity index (χ0n) is 13.3. The van der Waals surface area contributed by atoms with Gasteiger partial charge in [-0.1, -0.05) is 6.92 Å². The van der Waals surface area contributed by atoms with E-state index in [0.717, 1.165) is 7.11 Å². The quantitative estimate of drug-likeness (QED) is 0.536. The Balaban J connectivity index is 2.15. The number of hydrogen-bond donors (Lipinski definition) is 3. The fourth-order valence-corrected chi connectivity index (χ4v) is 2.44. The van der Waals surface area contributed by atoms with Gasteiger partial charge in [0.05, 0.1) is 25.6 Å². The van der Waals surface area contributed by atoms with Crippen molar-refractivity contribution in [1.82, 2.24) is 19.5 Å². The van der Waals surface area contributed by atoms with Crippen LogP contribution in [-0.2, 0) is 18.3 Å². The maximum absolute atomic E-state index is 11.4. The molecule has 4 N–H and O–H groups in total. The van der Waals surface area contributed by atoms with E-state index < -0.39 is 20.2 Å². The average Bonchev–Trinajstić information content (AvgIpc) is 3.01. The number of phosphoric ester groups is 1. The number of imidazole rings is 1. The van der Waals surface area contributed by atoms with Gasteiger partial charge < -0.3 is 20.5 Å². The lowest BCUT2D eigenvalue weighted by molar-refractivity contribution is -0.0947. The summed E-state index contributed by atoms with van der Waals surface area (Å²) in [6.45, 7) is 1.26. The van der Waals surface area contributed by atoms with Crippen molar-refractivity contribution < 1.29 is 28.3 Å². The molecule has 0 bridgehead atoms. The van der Waals surface area contributed by atoms with Gasteiger partial charge in [-0.05, 0) is 6.42 Å². The van der Waals surface area contributed by atoms with E-state index in [-0.39, 0.29) is 19.0 Å². The van der Waals surface area contributed by atoms with Gasteiger partial charge >= 0.3 is 7.82 Å². The molecular weight excluding hydrogens is 341 g/mol. The van der Waals surface area contributed by atoms with Crippen molar-refractivity contribution in [2.24, 2.45) is 0 Å². The molecular formula is C12H20N5O6P. The Bertz CT molecular complexity index is 725. The molecule has 2 rings (SSSR count). The van der Waals surface area contributed by atoms with Crippen LogP contribution in [0, 0.1) is 0 Å². The number of nitrogens with two attached hydrogens (primary N) is 1. The predicted octanol–water partition coefficient (Wildman–Crippen LogP) is 0.458.